The fourth-order valence-electron chi connectivity index (χ4n) is 4.19. The summed E-state index contributed by atoms with van der Waals surface area (Å²) in [6.07, 6.45) is 2.62. The Balaban J connectivity index is 0.00000240. The van der Waals surface area contributed by atoms with Gasteiger partial charge >= 0.3 is 7.46 Å². The standard InChI is InChI=1S/C15H22N6O6S/c16-14(17)19-5-3-9(4-6-19)13-7-11(18-26-13)12-2-1-10-8-20(12)15(22)21(10)27-28(23,24)25/h7,9-10,12H,1-6,8H2,(H3,16,17)(H,23,24,25)/t10-,12+/m1/s1. The summed E-state index contributed by atoms with van der Waals surface area (Å²) in [7, 11) is -5.02. The van der Waals surface area contributed by atoms with Gasteiger partial charge in [-0.2, -0.15) is 9.35 Å². The van der Waals surface area contributed by atoms with Gasteiger partial charge in [0.2, 0.25) is 10.4 Å². The Bertz CT molecular complexity index is 886. The summed E-state index contributed by atoms with van der Waals surface area (Å²) in [5.41, 5.74) is 6.11. The molecule has 0 unspecified atom stereocenters. The van der Waals surface area contributed by atoms with E-state index in [1.165, 1.54) is 4.90 Å². The van der Waals surface area contributed by atoms with Crippen molar-refractivity contribution < 1.29 is 28.0 Å². The molecule has 4 rings (SSSR count). The average Bonchev–Trinajstić information content (AvgIpc) is 3.22. The minimum atomic E-state index is -5.02. The van der Waals surface area contributed by atoms with Gasteiger partial charge < -0.3 is 24.6 Å². The zero-order valence-corrected chi connectivity index (χ0v) is 15.8. The van der Waals surface area contributed by atoms with Crippen molar-refractivity contribution in [1.82, 2.24) is 20.0 Å². The van der Waals surface area contributed by atoms with Crippen molar-refractivity contribution in [3.63, 3.8) is 0 Å². The minimum absolute atomic E-state index is 0. The highest BCUT2D eigenvalue weighted by Crippen LogP contribution is 2.39. The van der Waals surface area contributed by atoms with Gasteiger partial charge in [-0.05, 0) is 25.7 Å². The number of carbonyl (C=O) groups is 1. The van der Waals surface area contributed by atoms with Crippen LogP contribution in [0.3, 0.4) is 0 Å². The maximum atomic E-state index is 12.5. The van der Waals surface area contributed by atoms with Gasteiger partial charge in [0.25, 0.3) is 0 Å². The fourth-order valence-corrected chi connectivity index (χ4v) is 4.58. The van der Waals surface area contributed by atoms with Gasteiger partial charge in [-0.25, -0.2) is 13.2 Å². The molecule has 3 saturated heterocycles. The molecule has 13 heteroatoms. The highest BCUT2D eigenvalue weighted by atomic mass is 32.3. The number of hydrogen-bond donors (Lipinski definition) is 2. The molecule has 154 valence electrons. The topological polar surface area (TPSA) is 169 Å². The SMILES string of the molecule is N=C(N)N1CCC(c2cc([C@@H]3CC[C@@H]4CN3C(=O)N4OS(=O)(=O)[O-])no2)CC1.[H+]. The van der Waals surface area contributed by atoms with Crippen molar-refractivity contribution in [3.8, 4) is 0 Å². The van der Waals surface area contributed by atoms with E-state index in [-0.39, 0.29) is 25.9 Å². The van der Waals surface area contributed by atoms with Crippen LogP contribution in [0.2, 0.25) is 0 Å². The molecule has 0 radical (unpaired) electrons. The second kappa shape index (κ2) is 6.90. The smallest absolute Gasteiger partial charge is 0.724 e. The molecule has 0 spiro atoms. The molecule has 2 amide bonds. The van der Waals surface area contributed by atoms with Crippen LogP contribution < -0.4 is 5.73 Å². The number of nitrogens with one attached hydrogen (secondary N) is 1. The number of fused-ring (bicyclic) bond motifs is 2. The second-order valence-corrected chi connectivity index (χ2v) is 8.26. The summed E-state index contributed by atoms with van der Waals surface area (Å²) >= 11 is 0. The molecule has 3 aliphatic heterocycles. The second-order valence-electron chi connectivity index (χ2n) is 7.29. The van der Waals surface area contributed by atoms with E-state index in [2.05, 4.69) is 9.44 Å². The number of guanidine groups is 1. The summed E-state index contributed by atoms with van der Waals surface area (Å²) in [6, 6.07) is 0.336. The summed E-state index contributed by atoms with van der Waals surface area (Å²) < 4.78 is 42.5. The summed E-state index contributed by atoms with van der Waals surface area (Å²) in [6.45, 7) is 1.60. The van der Waals surface area contributed by atoms with Crippen molar-refractivity contribution in [2.24, 2.45) is 5.73 Å². The molecule has 0 aromatic carbocycles. The third-order valence-corrected chi connectivity index (χ3v) is 5.96. The zero-order chi connectivity index (χ0) is 20.1. The Hall–Kier alpha value is -2.38. The first-order valence-electron chi connectivity index (χ1n) is 9.03. The van der Waals surface area contributed by atoms with E-state index >= 15 is 0 Å². The van der Waals surface area contributed by atoms with Crippen molar-refractivity contribution in [3.05, 3.63) is 17.5 Å². The van der Waals surface area contributed by atoms with E-state index < -0.39 is 22.5 Å². The average molecular weight is 414 g/mol. The van der Waals surface area contributed by atoms with Gasteiger partial charge in [0.05, 0.1) is 12.1 Å². The quantitative estimate of drug-likeness (QED) is 0.302. The molecular formula is C15H22N6O6S. The number of nitrogens with zero attached hydrogens (tertiary/aromatic N) is 4. The van der Waals surface area contributed by atoms with Gasteiger partial charge in [-0.1, -0.05) is 5.16 Å². The first-order chi connectivity index (χ1) is 13.2. The number of amides is 2. The normalized spacial score (nSPS) is 26.2. The highest BCUT2D eigenvalue weighted by molar-refractivity contribution is 7.80. The lowest BCUT2D eigenvalue weighted by Gasteiger charge is -2.31. The number of likely N-dealkylation sites (tertiary alicyclic amines) is 1. The maximum Gasteiger partial charge on any atom is 1.00 e. The van der Waals surface area contributed by atoms with E-state index in [0.717, 1.165) is 18.6 Å². The Kier molecular flexibility index (Phi) is 4.67. The predicted octanol–water partition coefficient (Wildman–Crippen LogP) is 0.193. The van der Waals surface area contributed by atoms with E-state index in [1.54, 1.807) is 4.90 Å². The van der Waals surface area contributed by atoms with Crippen LogP contribution in [0.1, 0.15) is 50.5 Å². The lowest BCUT2D eigenvalue weighted by molar-refractivity contribution is -0.0328. The molecule has 3 N–H and O–H groups in total. The van der Waals surface area contributed by atoms with Crippen molar-refractivity contribution in [2.45, 2.75) is 43.7 Å². The van der Waals surface area contributed by atoms with Crippen LogP contribution in [0.5, 0.6) is 0 Å². The number of urea groups is 1. The van der Waals surface area contributed by atoms with Gasteiger partial charge in [-0.3, -0.25) is 5.41 Å². The van der Waals surface area contributed by atoms with Gasteiger partial charge in [0.15, 0.2) is 5.96 Å². The van der Waals surface area contributed by atoms with Crippen molar-refractivity contribution >= 4 is 22.4 Å². The predicted molar refractivity (Wildman–Crippen MR) is 93.6 cm³/mol. The fraction of sp³-hybridized carbons (Fsp3) is 0.667. The largest absolute Gasteiger partial charge is 1.00 e. The number of aromatic nitrogens is 1. The first-order valence-corrected chi connectivity index (χ1v) is 10.4. The van der Waals surface area contributed by atoms with E-state index in [9.17, 15) is 17.8 Å². The van der Waals surface area contributed by atoms with E-state index in [1.807, 2.05) is 6.07 Å². The number of nitrogens with two attached hydrogens (primary N) is 1. The van der Waals surface area contributed by atoms with Crippen LogP contribution in [-0.2, 0) is 14.7 Å². The third-order valence-electron chi connectivity index (χ3n) is 5.62. The van der Waals surface area contributed by atoms with Gasteiger partial charge in [-0.15, -0.1) is 0 Å². The Morgan fingerprint density at radius 3 is 2.71 bits per heavy atom. The van der Waals surface area contributed by atoms with Gasteiger partial charge in [0, 0.05) is 31.6 Å². The molecular weight excluding hydrogens is 392 g/mol. The Labute approximate surface area is 163 Å². The number of carbonyl (C=O) groups excluding carboxylic acids is 1. The molecule has 1 aromatic rings. The number of piperidine rings is 2. The van der Waals surface area contributed by atoms with Gasteiger partial charge in [0.1, 0.15) is 11.5 Å². The third kappa shape index (κ3) is 3.52. The van der Waals surface area contributed by atoms with Crippen molar-refractivity contribution in [1.29, 1.82) is 5.41 Å². The minimum Gasteiger partial charge on any atom is -0.724 e. The molecule has 2 bridgehead atoms. The monoisotopic (exact) mass is 414 g/mol. The molecule has 3 fully saturated rings. The molecule has 12 nitrogen and oxygen atoms in total. The van der Waals surface area contributed by atoms with E-state index in [0.29, 0.717) is 36.7 Å². The van der Waals surface area contributed by atoms with Crippen molar-refractivity contribution in [2.75, 3.05) is 19.6 Å². The maximum absolute atomic E-state index is 12.5. The summed E-state index contributed by atoms with van der Waals surface area (Å²) in [4.78, 5) is 15.7. The molecule has 28 heavy (non-hydrogen) atoms. The molecule has 4 heterocycles. The summed E-state index contributed by atoms with van der Waals surface area (Å²) in [5.74, 6) is 0.947. The van der Waals surface area contributed by atoms with E-state index in [4.69, 9.17) is 15.7 Å². The number of hydroxylamine groups is 2. The highest BCUT2D eigenvalue weighted by Gasteiger charge is 2.47. The zero-order valence-electron chi connectivity index (χ0n) is 16.0. The van der Waals surface area contributed by atoms with Crippen LogP contribution in [0.4, 0.5) is 4.79 Å². The lowest BCUT2D eigenvalue weighted by Crippen LogP contribution is -2.41. The molecule has 1 aromatic heterocycles. The van der Waals surface area contributed by atoms with Crippen LogP contribution in [0, 0.1) is 5.41 Å². The number of rotatable bonds is 4. The van der Waals surface area contributed by atoms with Crippen LogP contribution in [0.15, 0.2) is 10.6 Å². The van der Waals surface area contributed by atoms with Crippen LogP contribution in [0.25, 0.3) is 0 Å². The van der Waals surface area contributed by atoms with Crippen LogP contribution >= 0.6 is 0 Å². The molecule has 2 atom stereocenters. The molecule has 0 aliphatic carbocycles. The van der Waals surface area contributed by atoms with Crippen LogP contribution in [-0.4, -0.2) is 70.7 Å². The number of hydrogen-bond acceptors (Lipinski definition) is 8. The lowest BCUT2D eigenvalue weighted by atomic mass is 9.93. The first kappa shape index (κ1) is 19.0. The molecule has 0 saturated carbocycles. The Morgan fingerprint density at radius 2 is 2.07 bits per heavy atom. The Morgan fingerprint density at radius 1 is 1.36 bits per heavy atom. The molecule has 3 aliphatic rings. The summed E-state index contributed by atoms with van der Waals surface area (Å²) in [5, 5.41) is 12.3.